The smallest absolute Gasteiger partial charge is 0.251 e. The van der Waals surface area contributed by atoms with E-state index in [0.717, 1.165) is 11.1 Å². The van der Waals surface area contributed by atoms with Gasteiger partial charge in [-0.25, -0.2) is 8.42 Å². The standard InChI is InChI=1S/C41H42N4O7S/c1-44(32-18-22-34(51-3)23-19-32)40(47)37(26-29-12-7-5-8-13-29)42-39(46)31-16-11-17-36(28-31)53(49,50)43-38(27-30-14-9-6-10-15-30)41(48)45(2)33-20-24-35(52-4)25-21-33/h5-25,28,37-38,43H,26-27H2,1-4H3,(H,42,46)/t37?,38-/m0/s1. The molecule has 3 amide bonds. The van der Waals surface area contributed by atoms with Crippen molar-refractivity contribution in [2.45, 2.75) is 29.8 Å². The maximum absolute atomic E-state index is 13.9. The molecule has 0 aliphatic heterocycles. The molecule has 0 aliphatic carbocycles. The fourth-order valence-electron chi connectivity index (χ4n) is 5.71. The van der Waals surface area contributed by atoms with E-state index < -0.39 is 33.9 Å². The van der Waals surface area contributed by atoms with Crippen molar-refractivity contribution in [1.29, 1.82) is 0 Å². The van der Waals surface area contributed by atoms with Crippen LogP contribution in [0.3, 0.4) is 0 Å². The molecule has 0 heterocycles. The number of nitrogens with one attached hydrogen (secondary N) is 2. The zero-order valence-corrected chi connectivity index (χ0v) is 30.7. The average molecular weight is 735 g/mol. The van der Waals surface area contributed by atoms with Crippen LogP contribution >= 0.6 is 0 Å². The Morgan fingerprint density at radius 3 is 1.53 bits per heavy atom. The van der Waals surface area contributed by atoms with Gasteiger partial charge < -0.3 is 24.6 Å². The van der Waals surface area contributed by atoms with Crippen LogP contribution in [0.1, 0.15) is 21.5 Å². The number of sulfonamides is 1. The molecule has 274 valence electrons. The van der Waals surface area contributed by atoms with Crippen LogP contribution in [0, 0.1) is 0 Å². The van der Waals surface area contributed by atoms with Crippen LogP contribution in [0.15, 0.2) is 138 Å². The number of amides is 3. The molecule has 0 radical (unpaired) electrons. The fraction of sp³-hybridized carbons (Fsp3) is 0.195. The zero-order chi connectivity index (χ0) is 38.0. The first-order valence-corrected chi connectivity index (χ1v) is 18.3. The summed E-state index contributed by atoms with van der Waals surface area (Å²) < 4.78 is 40.9. The Bertz CT molecular complexity index is 2110. The second kappa shape index (κ2) is 17.5. The highest BCUT2D eigenvalue weighted by Gasteiger charge is 2.30. The highest BCUT2D eigenvalue weighted by Crippen LogP contribution is 2.22. The Morgan fingerprint density at radius 2 is 1.06 bits per heavy atom. The van der Waals surface area contributed by atoms with Gasteiger partial charge >= 0.3 is 0 Å². The largest absolute Gasteiger partial charge is 0.497 e. The third kappa shape index (κ3) is 9.88. The number of anilines is 2. The predicted octanol–water partition coefficient (Wildman–Crippen LogP) is 5.26. The van der Waals surface area contributed by atoms with Crippen molar-refractivity contribution in [3.63, 3.8) is 0 Å². The summed E-state index contributed by atoms with van der Waals surface area (Å²) >= 11 is 0. The van der Waals surface area contributed by atoms with E-state index in [1.54, 1.807) is 76.8 Å². The zero-order valence-electron chi connectivity index (χ0n) is 29.9. The number of rotatable bonds is 15. The van der Waals surface area contributed by atoms with Gasteiger partial charge in [-0.1, -0.05) is 66.7 Å². The van der Waals surface area contributed by atoms with Crippen molar-refractivity contribution >= 4 is 39.1 Å². The number of carbonyl (C=O) groups is 3. The molecule has 53 heavy (non-hydrogen) atoms. The molecule has 0 saturated heterocycles. The first kappa shape index (κ1) is 38.3. The Labute approximate surface area is 310 Å². The van der Waals surface area contributed by atoms with Gasteiger partial charge in [0.05, 0.1) is 19.1 Å². The summed E-state index contributed by atoms with van der Waals surface area (Å²) in [6, 6.07) is 35.4. The number of carbonyl (C=O) groups excluding carboxylic acids is 3. The fourth-order valence-corrected chi connectivity index (χ4v) is 6.95. The van der Waals surface area contributed by atoms with Gasteiger partial charge in [0.15, 0.2) is 0 Å². The van der Waals surface area contributed by atoms with Gasteiger partial charge in [-0.15, -0.1) is 0 Å². The quantitative estimate of drug-likeness (QED) is 0.150. The SMILES string of the molecule is COc1ccc(N(C)C(=O)C(Cc2ccccc2)NC(=O)c2cccc(S(=O)(=O)N[C@@H](Cc3ccccc3)C(=O)N(C)c3ccc(OC)cc3)c2)cc1. The highest BCUT2D eigenvalue weighted by molar-refractivity contribution is 7.89. The van der Waals surface area contributed by atoms with Crippen LogP contribution in [0.5, 0.6) is 11.5 Å². The van der Waals surface area contributed by atoms with E-state index in [1.165, 1.54) is 34.1 Å². The molecule has 12 heteroatoms. The van der Waals surface area contributed by atoms with Crippen LogP contribution in [-0.2, 0) is 32.5 Å². The van der Waals surface area contributed by atoms with E-state index in [9.17, 15) is 22.8 Å². The van der Waals surface area contributed by atoms with Gasteiger partial charge in [0.2, 0.25) is 21.8 Å². The summed E-state index contributed by atoms with van der Waals surface area (Å²) in [4.78, 5) is 44.1. The summed E-state index contributed by atoms with van der Waals surface area (Å²) in [6.07, 6.45) is 0.265. The topological polar surface area (TPSA) is 134 Å². The number of likely N-dealkylation sites (N-methyl/N-ethyl adjacent to an activating group) is 2. The van der Waals surface area contributed by atoms with Gasteiger partial charge in [-0.2, -0.15) is 4.72 Å². The van der Waals surface area contributed by atoms with E-state index in [1.807, 2.05) is 60.7 Å². The summed E-state index contributed by atoms with van der Waals surface area (Å²) in [7, 11) is 1.94. The molecule has 2 atom stereocenters. The molecule has 0 aromatic heterocycles. The highest BCUT2D eigenvalue weighted by atomic mass is 32.2. The van der Waals surface area contributed by atoms with Gasteiger partial charge in [0.25, 0.3) is 5.91 Å². The summed E-state index contributed by atoms with van der Waals surface area (Å²) in [5.74, 6) is -0.260. The Morgan fingerprint density at radius 1 is 0.604 bits per heavy atom. The summed E-state index contributed by atoms with van der Waals surface area (Å²) in [6.45, 7) is 0. The van der Waals surface area contributed by atoms with Crippen molar-refractivity contribution in [2.24, 2.45) is 0 Å². The molecule has 2 N–H and O–H groups in total. The van der Waals surface area contributed by atoms with Crippen LogP contribution < -0.4 is 29.3 Å². The molecule has 5 aromatic carbocycles. The first-order chi connectivity index (χ1) is 25.5. The molecule has 5 aromatic rings. The maximum Gasteiger partial charge on any atom is 0.251 e. The third-order valence-electron chi connectivity index (χ3n) is 8.75. The van der Waals surface area contributed by atoms with E-state index in [0.29, 0.717) is 22.9 Å². The minimum Gasteiger partial charge on any atom is -0.497 e. The number of hydrogen-bond donors (Lipinski definition) is 2. The molecule has 11 nitrogen and oxygen atoms in total. The molecule has 0 saturated carbocycles. The molecular weight excluding hydrogens is 693 g/mol. The molecule has 0 spiro atoms. The lowest BCUT2D eigenvalue weighted by Crippen LogP contribution is -2.49. The van der Waals surface area contributed by atoms with Crippen molar-refractivity contribution < 1.29 is 32.3 Å². The number of nitrogens with zero attached hydrogens (tertiary/aromatic N) is 2. The lowest BCUT2D eigenvalue weighted by molar-refractivity contribution is -0.120. The van der Waals surface area contributed by atoms with Crippen LogP contribution in [0.2, 0.25) is 0 Å². The maximum atomic E-state index is 13.9. The van der Waals surface area contributed by atoms with E-state index in [-0.39, 0.29) is 29.2 Å². The number of hydrogen-bond acceptors (Lipinski definition) is 7. The van der Waals surface area contributed by atoms with Gasteiger partial charge in [-0.3, -0.25) is 14.4 Å². The van der Waals surface area contributed by atoms with Crippen LogP contribution in [-0.4, -0.2) is 66.5 Å². The molecule has 5 rings (SSSR count). The first-order valence-electron chi connectivity index (χ1n) is 16.8. The van der Waals surface area contributed by atoms with Gasteiger partial charge in [0, 0.05) is 37.5 Å². The minimum absolute atomic E-state index is 0.0205. The Kier molecular flexibility index (Phi) is 12.6. The Balaban J connectivity index is 1.38. The molecule has 0 fully saturated rings. The van der Waals surface area contributed by atoms with Crippen molar-refractivity contribution in [1.82, 2.24) is 10.0 Å². The average Bonchev–Trinajstić information content (AvgIpc) is 3.20. The number of ether oxygens (including phenoxy) is 2. The van der Waals surface area contributed by atoms with Crippen LogP contribution in [0.4, 0.5) is 11.4 Å². The van der Waals surface area contributed by atoms with Gasteiger partial charge in [-0.05, 0) is 84.3 Å². The lowest BCUT2D eigenvalue weighted by atomic mass is 10.0. The molecular formula is C41H42N4O7S. The second-order valence-electron chi connectivity index (χ2n) is 12.3. The number of benzene rings is 5. The van der Waals surface area contributed by atoms with E-state index in [2.05, 4.69) is 10.0 Å². The third-order valence-corrected chi connectivity index (χ3v) is 10.2. The monoisotopic (exact) mass is 734 g/mol. The van der Waals surface area contributed by atoms with Crippen molar-refractivity contribution in [2.75, 3.05) is 38.1 Å². The lowest BCUT2D eigenvalue weighted by Gasteiger charge is -2.25. The van der Waals surface area contributed by atoms with E-state index >= 15 is 0 Å². The summed E-state index contributed by atoms with van der Waals surface area (Å²) in [5.41, 5.74) is 2.73. The second-order valence-corrected chi connectivity index (χ2v) is 14.0. The van der Waals surface area contributed by atoms with E-state index in [4.69, 9.17) is 9.47 Å². The predicted molar refractivity (Wildman–Crippen MR) is 205 cm³/mol. The molecule has 1 unspecified atom stereocenters. The van der Waals surface area contributed by atoms with Crippen LogP contribution in [0.25, 0.3) is 0 Å². The van der Waals surface area contributed by atoms with Gasteiger partial charge in [0.1, 0.15) is 23.6 Å². The Hall–Kier alpha value is -5.98. The molecule has 0 aliphatic rings. The molecule has 0 bridgehead atoms. The van der Waals surface area contributed by atoms with Crippen molar-refractivity contribution in [3.05, 3.63) is 150 Å². The normalized spacial score (nSPS) is 12.2. The van der Waals surface area contributed by atoms with Crippen molar-refractivity contribution in [3.8, 4) is 11.5 Å². The summed E-state index contributed by atoms with van der Waals surface area (Å²) in [5, 5.41) is 2.83. The number of methoxy groups -OCH3 is 2. The minimum atomic E-state index is -4.34.